The van der Waals surface area contributed by atoms with Gasteiger partial charge in [-0.15, -0.1) is 5.10 Å². The monoisotopic (exact) mass is 307 g/mol. The fourth-order valence-corrected chi connectivity index (χ4v) is 2.26. The number of fused-ring (bicyclic) bond motifs is 1. The molecule has 0 amide bonds. The minimum atomic E-state index is 0.229. The van der Waals surface area contributed by atoms with Gasteiger partial charge in [0, 0.05) is 18.7 Å². The Labute approximate surface area is 131 Å². The van der Waals surface area contributed by atoms with E-state index in [2.05, 4.69) is 20.5 Å². The van der Waals surface area contributed by atoms with Crippen molar-refractivity contribution in [1.82, 2.24) is 25.3 Å². The van der Waals surface area contributed by atoms with Gasteiger partial charge in [-0.25, -0.2) is 4.98 Å². The van der Waals surface area contributed by atoms with E-state index in [9.17, 15) is 0 Å². The van der Waals surface area contributed by atoms with Crippen molar-refractivity contribution in [3.05, 3.63) is 71.7 Å². The van der Waals surface area contributed by atoms with E-state index in [4.69, 9.17) is 9.36 Å². The summed E-state index contributed by atoms with van der Waals surface area (Å²) >= 11 is 0. The quantitative estimate of drug-likeness (QED) is 0.561. The van der Waals surface area contributed by atoms with E-state index in [-0.39, 0.29) is 6.61 Å². The van der Waals surface area contributed by atoms with Crippen LogP contribution in [0.5, 0.6) is 0 Å². The average Bonchev–Trinajstić information content (AvgIpc) is 3.21. The second-order valence-electron chi connectivity index (χ2n) is 5.03. The molecule has 1 aromatic carbocycles. The van der Waals surface area contributed by atoms with Gasteiger partial charge in [0.2, 0.25) is 5.65 Å². The van der Waals surface area contributed by atoms with Crippen molar-refractivity contribution < 1.29 is 9.36 Å². The molecule has 3 aromatic heterocycles. The highest BCUT2D eigenvalue weighted by molar-refractivity contribution is 5.68. The summed E-state index contributed by atoms with van der Waals surface area (Å²) in [4.78, 5) is 11.0. The Balaban J connectivity index is 1.44. The lowest BCUT2D eigenvalue weighted by atomic mass is 10.1. The van der Waals surface area contributed by atoms with E-state index >= 15 is 0 Å². The van der Waals surface area contributed by atoms with Crippen molar-refractivity contribution in [2.24, 2.45) is 0 Å². The first kappa shape index (κ1) is 13.4. The maximum absolute atomic E-state index is 5.57. The second kappa shape index (κ2) is 5.88. The third-order valence-electron chi connectivity index (χ3n) is 3.34. The molecule has 0 radical (unpaired) electrons. The van der Waals surface area contributed by atoms with Crippen molar-refractivity contribution in [3.8, 4) is 0 Å². The number of benzene rings is 1. The summed E-state index contributed by atoms with van der Waals surface area (Å²) in [6, 6.07) is 15.6. The fraction of sp³-hybridized carbons (Fsp3) is 0.125. The molecular formula is C16H13N5O2. The largest absolute Gasteiger partial charge is 0.387 e. The third-order valence-corrected chi connectivity index (χ3v) is 3.34. The third kappa shape index (κ3) is 2.89. The number of aromatic nitrogens is 5. The van der Waals surface area contributed by atoms with E-state index in [1.807, 2.05) is 42.5 Å². The van der Waals surface area contributed by atoms with Crippen LogP contribution in [0.4, 0.5) is 0 Å². The summed E-state index contributed by atoms with van der Waals surface area (Å²) in [5.74, 6) is 0.788. The summed E-state index contributed by atoms with van der Waals surface area (Å²) in [7, 11) is 0. The van der Waals surface area contributed by atoms with E-state index < -0.39 is 0 Å². The van der Waals surface area contributed by atoms with Gasteiger partial charge in [0.15, 0.2) is 6.61 Å². The Morgan fingerprint density at radius 3 is 2.91 bits per heavy atom. The smallest absolute Gasteiger partial charge is 0.219 e. The molecule has 0 spiro atoms. The molecule has 3 heterocycles. The van der Waals surface area contributed by atoms with Crippen LogP contribution in [-0.4, -0.2) is 25.3 Å². The zero-order valence-corrected chi connectivity index (χ0v) is 12.2. The second-order valence-corrected chi connectivity index (χ2v) is 5.03. The van der Waals surface area contributed by atoms with E-state index in [0.29, 0.717) is 23.3 Å². The van der Waals surface area contributed by atoms with Crippen molar-refractivity contribution in [2.45, 2.75) is 13.0 Å². The normalized spacial score (nSPS) is 11.0. The molecule has 0 saturated carbocycles. The minimum absolute atomic E-state index is 0.229. The molecule has 0 aliphatic heterocycles. The molecule has 0 aliphatic carbocycles. The minimum Gasteiger partial charge on any atom is -0.387 e. The van der Waals surface area contributed by atoms with Crippen LogP contribution < -0.4 is 4.84 Å². The molecule has 4 aromatic rings. The maximum atomic E-state index is 5.57. The van der Waals surface area contributed by atoms with Crippen molar-refractivity contribution in [1.29, 1.82) is 0 Å². The Hall–Kier alpha value is -3.22. The Kier molecular flexibility index (Phi) is 3.44. The van der Waals surface area contributed by atoms with E-state index in [0.717, 1.165) is 5.76 Å². The average molecular weight is 307 g/mol. The zero-order chi connectivity index (χ0) is 15.5. The summed E-state index contributed by atoms with van der Waals surface area (Å²) in [5.41, 5.74) is 3.11. The van der Waals surface area contributed by atoms with Crippen LogP contribution in [0.25, 0.3) is 11.2 Å². The Bertz CT molecular complexity index is 916. The molecule has 23 heavy (non-hydrogen) atoms. The highest BCUT2D eigenvalue weighted by Crippen LogP contribution is 2.11. The lowest BCUT2D eigenvalue weighted by molar-refractivity contribution is 0.0702. The lowest BCUT2D eigenvalue weighted by Gasteiger charge is -2.01. The molecule has 0 aliphatic rings. The zero-order valence-electron chi connectivity index (χ0n) is 12.2. The van der Waals surface area contributed by atoms with Crippen molar-refractivity contribution in [2.75, 3.05) is 0 Å². The maximum Gasteiger partial charge on any atom is 0.219 e. The molecule has 7 nitrogen and oxygen atoms in total. The number of pyridine rings is 1. The SMILES string of the molecule is c1ccc(Cc2cc(COn3nnc4cccnc43)no2)cc1. The molecule has 7 heteroatoms. The van der Waals surface area contributed by atoms with Gasteiger partial charge in [0.05, 0.1) is 0 Å². The van der Waals surface area contributed by atoms with Crippen LogP contribution in [0.2, 0.25) is 0 Å². The number of hydrogen-bond donors (Lipinski definition) is 0. The summed E-state index contributed by atoms with van der Waals surface area (Å²) in [6.07, 6.45) is 2.36. The first-order valence-electron chi connectivity index (χ1n) is 7.16. The van der Waals surface area contributed by atoms with Crippen LogP contribution in [-0.2, 0) is 13.0 Å². The summed E-state index contributed by atoms with van der Waals surface area (Å²) in [6.45, 7) is 0.229. The van der Waals surface area contributed by atoms with Crippen LogP contribution in [0, 0.1) is 0 Å². The van der Waals surface area contributed by atoms with Gasteiger partial charge in [-0.05, 0) is 22.9 Å². The summed E-state index contributed by atoms with van der Waals surface area (Å²) in [5, 5.41) is 11.9. The van der Waals surface area contributed by atoms with Gasteiger partial charge < -0.3 is 9.36 Å². The van der Waals surface area contributed by atoms with Crippen LogP contribution >= 0.6 is 0 Å². The Morgan fingerprint density at radius 2 is 2.00 bits per heavy atom. The first-order chi connectivity index (χ1) is 11.4. The Morgan fingerprint density at radius 1 is 1.09 bits per heavy atom. The topological polar surface area (TPSA) is 78.9 Å². The van der Waals surface area contributed by atoms with Gasteiger partial charge in [0.1, 0.15) is 17.0 Å². The van der Waals surface area contributed by atoms with Crippen molar-refractivity contribution >= 4 is 11.2 Å². The molecule has 4 rings (SSSR count). The van der Waals surface area contributed by atoms with Gasteiger partial charge in [-0.2, -0.15) is 0 Å². The predicted molar refractivity (Wildman–Crippen MR) is 81.4 cm³/mol. The molecule has 0 N–H and O–H groups in total. The first-order valence-corrected chi connectivity index (χ1v) is 7.16. The van der Waals surface area contributed by atoms with Gasteiger partial charge in [-0.1, -0.05) is 40.3 Å². The van der Waals surface area contributed by atoms with Crippen LogP contribution in [0.3, 0.4) is 0 Å². The highest BCUT2D eigenvalue weighted by Gasteiger charge is 2.09. The predicted octanol–water partition coefficient (Wildman–Crippen LogP) is 2.03. The summed E-state index contributed by atoms with van der Waals surface area (Å²) < 4.78 is 5.34. The van der Waals surface area contributed by atoms with Crippen molar-refractivity contribution in [3.63, 3.8) is 0 Å². The molecule has 114 valence electrons. The van der Waals surface area contributed by atoms with Gasteiger partial charge >= 0.3 is 0 Å². The molecular weight excluding hydrogens is 294 g/mol. The van der Waals surface area contributed by atoms with Gasteiger partial charge in [0.25, 0.3) is 0 Å². The van der Waals surface area contributed by atoms with Crippen LogP contribution in [0.1, 0.15) is 17.0 Å². The van der Waals surface area contributed by atoms with Crippen LogP contribution in [0.15, 0.2) is 59.3 Å². The molecule has 0 bridgehead atoms. The number of nitrogens with zero attached hydrogens (tertiary/aromatic N) is 5. The number of hydrogen-bond acceptors (Lipinski definition) is 6. The molecule has 0 saturated heterocycles. The fourth-order valence-electron chi connectivity index (χ4n) is 2.26. The number of rotatable bonds is 5. The van der Waals surface area contributed by atoms with Gasteiger partial charge in [-0.3, -0.25) is 0 Å². The highest BCUT2D eigenvalue weighted by atomic mass is 16.7. The molecule has 0 unspecified atom stereocenters. The standard InChI is InChI=1S/C16H13N5O2/c1-2-5-12(6-3-1)9-14-10-13(19-23-14)11-22-21-16-15(18-20-21)7-4-8-17-16/h1-8,10H,9,11H2. The molecule has 0 atom stereocenters. The lowest BCUT2D eigenvalue weighted by Crippen LogP contribution is -2.13. The van der Waals surface area contributed by atoms with E-state index in [1.54, 1.807) is 12.3 Å². The molecule has 0 fully saturated rings. The van der Waals surface area contributed by atoms with E-state index in [1.165, 1.54) is 10.4 Å².